The highest BCUT2D eigenvalue weighted by Crippen LogP contribution is 2.39. The fourth-order valence-corrected chi connectivity index (χ4v) is 5.53. The number of ether oxygens (including phenoxy) is 2. The second-order valence-corrected chi connectivity index (χ2v) is 9.26. The molecule has 0 N–H and O–H groups in total. The van der Waals surface area contributed by atoms with Crippen LogP contribution in [0.2, 0.25) is 0 Å². The van der Waals surface area contributed by atoms with E-state index in [9.17, 15) is 9.59 Å². The lowest BCUT2D eigenvalue weighted by atomic mass is 10.0. The Morgan fingerprint density at radius 1 is 1.12 bits per heavy atom. The van der Waals surface area contributed by atoms with Crippen LogP contribution in [0.4, 0.5) is 0 Å². The molecule has 0 aliphatic carbocycles. The Hall–Kier alpha value is -3.65. The van der Waals surface area contributed by atoms with Gasteiger partial charge in [-0.25, -0.2) is 4.98 Å². The van der Waals surface area contributed by atoms with Crippen molar-refractivity contribution < 1.29 is 14.3 Å². The number of nitrogens with zero attached hydrogens (tertiary/aromatic N) is 3. The Bertz CT molecular complexity index is 1400. The van der Waals surface area contributed by atoms with Crippen molar-refractivity contribution in [1.82, 2.24) is 14.5 Å². The van der Waals surface area contributed by atoms with E-state index in [1.165, 1.54) is 22.2 Å². The molecule has 1 atom stereocenters. The second-order valence-electron chi connectivity index (χ2n) is 8.23. The molecule has 1 fully saturated rings. The molecule has 0 radical (unpaired) electrons. The number of rotatable bonds is 6. The van der Waals surface area contributed by atoms with E-state index in [0.29, 0.717) is 28.3 Å². The van der Waals surface area contributed by atoms with Crippen LogP contribution in [0.5, 0.6) is 11.5 Å². The van der Waals surface area contributed by atoms with Crippen LogP contribution in [-0.2, 0) is 11.3 Å². The van der Waals surface area contributed by atoms with Gasteiger partial charge in [-0.05, 0) is 36.6 Å². The van der Waals surface area contributed by atoms with Crippen LogP contribution in [0.25, 0.3) is 20.7 Å². The number of carbonyl (C=O) groups is 1. The van der Waals surface area contributed by atoms with E-state index in [0.717, 1.165) is 28.8 Å². The largest absolute Gasteiger partial charge is 0.497 e. The topological polar surface area (TPSA) is 73.7 Å². The van der Waals surface area contributed by atoms with Crippen LogP contribution in [0.3, 0.4) is 0 Å². The Labute approximate surface area is 201 Å². The molecule has 0 saturated carbocycles. The zero-order valence-electron chi connectivity index (χ0n) is 19.1. The first-order valence-electron chi connectivity index (χ1n) is 11.1. The third-order valence-electron chi connectivity index (χ3n) is 6.25. The monoisotopic (exact) mass is 475 g/mol. The molecule has 1 aliphatic heterocycles. The maximum atomic E-state index is 13.3. The molecular weight excluding hydrogens is 450 g/mol. The SMILES string of the molecule is COc1ccc([C@@H]2CCCN2C(=O)Cn2cnc3sc(-c4ccccc4)cc3c2=O)c(OC)c1. The lowest BCUT2D eigenvalue weighted by Gasteiger charge is -2.27. The molecule has 0 unspecified atom stereocenters. The average molecular weight is 476 g/mol. The van der Waals surface area contributed by atoms with E-state index in [4.69, 9.17) is 9.47 Å². The maximum absolute atomic E-state index is 13.3. The number of thiophene rings is 1. The number of aromatic nitrogens is 2. The lowest BCUT2D eigenvalue weighted by Crippen LogP contribution is -2.36. The molecule has 5 rings (SSSR count). The third-order valence-corrected chi connectivity index (χ3v) is 7.35. The van der Waals surface area contributed by atoms with Crippen LogP contribution < -0.4 is 15.0 Å². The first kappa shape index (κ1) is 22.2. The van der Waals surface area contributed by atoms with E-state index in [1.807, 2.05) is 59.5 Å². The molecule has 2 aromatic heterocycles. The van der Waals surface area contributed by atoms with E-state index in [2.05, 4.69) is 4.98 Å². The van der Waals surface area contributed by atoms with E-state index in [1.54, 1.807) is 14.2 Å². The molecule has 1 amide bonds. The van der Waals surface area contributed by atoms with Gasteiger partial charge in [0.2, 0.25) is 5.91 Å². The summed E-state index contributed by atoms with van der Waals surface area (Å²) in [7, 11) is 3.23. The van der Waals surface area contributed by atoms with Crippen molar-refractivity contribution in [2.24, 2.45) is 0 Å². The van der Waals surface area contributed by atoms with Gasteiger partial charge < -0.3 is 14.4 Å². The summed E-state index contributed by atoms with van der Waals surface area (Å²) in [5, 5.41) is 0.536. The highest BCUT2D eigenvalue weighted by Gasteiger charge is 2.32. The highest BCUT2D eigenvalue weighted by molar-refractivity contribution is 7.21. The molecule has 0 spiro atoms. The van der Waals surface area contributed by atoms with Crippen molar-refractivity contribution in [3.05, 3.63) is 76.8 Å². The minimum Gasteiger partial charge on any atom is -0.497 e. The minimum atomic E-state index is -0.199. The summed E-state index contributed by atoms with van der Waals surface area (Å²) >= 11 is 1.48. The number of benzene rings is 2. The summed E-state index contributed by atoms with van der Waals surface area (Å²) in [4.78, 5) is 34.4. The summed E-state index contributed by atoms with van der Waals surface area (Å²) < 4.78 is 12.3. The highest BCUT2D eigenvalue weighted by atomic mass is 32.1. The van der Waals surface area contributed by atoms with Gasteiger partial charge in [-0.15, -0.1) is 11.3 Å². The van der Waals surface area contributed by atoms with E-state index >= 15 is 0 Å². The summed E-state index contributed by atoms with van der Waals surface area (Å²) in [6.45, 7) is 0.590. The van der Waals surface area contributed by atoms with Gasteiger partial charge in [0.05, 0.1) is 32.0 Å². The van der Waals surface area contributed by atoms with Gasteiger partial charge in [-0.3, -0.25) is 14.2 Å². The Kier molecular flexibility index (Phi) is 6.06. The van der Waals surface area contributed by atoms with Crippen LogP contribution >= 0.6 is 11.3 Å². The predicted molar refractivity (Wildman–Crippen MR) is 133 cm³/mol. The van der Waals surface area contributed by atoms with Crippen molar-refractivity contribution in [3.8, 4) is 21.9 Å². The van der Waals surface area contributed by atoms with Gasteiger partial charge in [-0.2, -0.15) is 0 Å². The van der Waals surface area contributed by atoms with Crippen molar-refractivity contribution in [3.63, 3.8) is 0 Å². The molecule has 0 bridgehead atoms. The molecule has 1 saturated heterocycles. The minimum absolute atomic E-state index is 0.0484. The summed E-state index contributed by atoms with van der Waals surface area (Å²) in [6, 6.07) is 17.3. The van der Waals surface area contributed by atoms with Crippen molar-refractivity contribution in [2.45, 2.75) is 25.4 Å². The van der Waals surface area contributed by atoms with Gasteiger partial charge >= 0.3 is 0 Å². The number of amides is 1. The number of hydrogen-bond acceptors (Lipinski definition) is 6. The normalized spacial score (nSPS) is 15.6. The molecule has 3 heterocycles. The van der Waals surface area contributed by atoms with Crippen LogP contribution in [0, 0.1) is 0 Å². The molecular formula is C26H25N3O4S. The van der Waals surface area contributed by atoms with Crippen molar-refractivity contribution >= 4 is 27.5 Å². The number of methoxy groups -OCH3 is 2. The second kappa shape index (κ2) is 9.30. The zero-order valence-corrected chi connectivity index (χ0v) is 19.9. The number of fused-ring (bicyclic) bond motifs is 1. The number of likely N-dealkylation sites (tertiary alicyclic amines) is 1. The fraction of sp³-hybridized carbons (Fsp3) is 0.269. The number of hydrogen-bond donors (Lipinski definition) is 0. The van der Waals surface area contributed by atoms with Gasteiger partial charge in [0.25, 0.3) is 5.56 Å². The molecule has 4 aromatic rings. The third kappa shape index (κ3) is 4.05. The fourth-order valence-electron chi connectivity index (χ4n) is 4.54. The summed E-state index contributed by atoms with van der Waals surface area (Å²) in [6.07, 6.45) is 3.21. The van der Waals surface area contributed by atoms with Crippen molar-refractivity contribution in [2.75, 3.05) is 20.8 Å². The van der Waals surface area contributed by atoms with Crippen molar-refractivity contribution in [1.29, 1.82) is 0 Å². The van der Waals surface area contributed by atoms with Crippen LogP contribution in [0.15, 0.2) is 65.7 Å². The lowest BCUT2D eigenvalue weighted by molar-refractivity contribution is -0.132. The van der Waals surface area contributed by atoms with E-state index < -0.39 is 0 Å². The summed E-state index contributed by atoms with van der Waals surface area (Å²) in [5.74, 6) is 1.28. The zero-order chi connectivity index (χ0) is 23.7. The number of carbonyl (C=O) groups excluding carboxylic acids is 1. The van der Waals surface area contributed by atoms with Gasteiger partial charge in [-0.1, -0.05) is 30.3 Å². The smallest absolute Gasteiger partial charge is 0.262 e. The van der Waals surface area contributed by atoms with Crippen LogP contribution in [0.1, 0.15) is 24.4 Å². The Morgan fingerprint density at radius 3 is 2.71 bits per heavy atom. The van der Waals surface area contributed by atoms with Gasteiger partial charge in [0.1, 0.15) is 22.9 Å². The quantitative estimate of drug-likeness (QED) is 0.410. The van der Waals surface area contributed by atoms with Crippen LogP contribution in [-0.4, -0.2) is 41.1 Å². The Morgan fingerprint density at radius 2 is 1.94 bits per heavy atom. The molecule has 8 heteroatoms. The van der Waals surface area contributed by atoms with E-state index in [-0.39, 0.29) is 24.1 Å². The predicted octanol–water partition coefficient (Wildman–Crippen LogP) is 4.51. The summed E-state index contributed by atoms with van der Waals surface area (Å²) in [5.41, 5.74) is 1.79. The first-order valence-corrected chi connectivity index (χ1v) is 12.0. The molecule has 174 valence electrons. The molecule has 2 aromatic carbocycles. The average Bonchev–Trinajstić information content (AvgIpc) is 3.54. The maximum Gasteiger partial charge on any atom is 0.262 e. The molecule has 7 nitrogen and oxygen atoms in total. The van der Waals surface area contributed by atoms with Gasteiger partial charge in [0, 0.05) is 23.1 Å². The molecule has 1 aliphatic rings. The molecule has 34 heavy (non-hydrogen) atoms. The van der Waals surface area contributed by atoms with Gasteiger partial charge in [0.15, 0.2) is 0 Å². The Balaban J connectivity index is 1.41. The standard InChI is InChI=1S/C26H25N3O4S/c1-32-18-10-11-19(22(13-18)33-2)21-9-6-12-29(21)24(30)15-28-16-27-25-20(26(28)31)14-23(34-25)17-7-4-3-5-8-17/h3-5,7-8,10-11,13-14,16,21H,6,9,12,15H2,1-2H3/t21-/m0/s1. The first-order chi connectivity index (χ1) is 16.6.